The van der Waals surface area contributed by atoms with E-state index in [1.165, 1.54) is 5.56 Å². The fourth-order valence-corrected chi connectivity index (χ4v) is 2.63. The van der Waals surface area contributed by atoms with Crippen LogP contribution in [-0.4, -0.2) is 41.9 Å². The van der Waals surface area contributed by atoms with Crippen LogP contribution in [0.4, 0.5) is 5.82 Å². The van der Waals surface area contributed by atoms with Gasteiger partial charge in [-0.15, -0.1) is 10.2 Å². The molecule has 1 atom stereocenters. The summed E-state index contributed by atoms with van der Waals surface area (Å²) in [6, 6.07) is 13.7. The lowest BCUT2D eigenvalue weighted by Gasteiger charge is -2.10. The molecule has 3 rings (SSSR count). The Bertz CT molecular complexity index is 640. The summed E-state index contributed by atoms with van der Waals surface area (Å²) >= 11 is 0. The number of rotatable bonds is 7. The maximum Gasteiger partial charge on any atom is 0.271 e. The minimum atomic E-state index is -0.214. The number of nitrogens with one attached hydrogen (secondary N) is 2. The van der Waals surface area contributed by atoms with Gasteiger partial charge in [0, 0.05) is 19.7 Å². The predicted molar refractivity (Wildman–Crippen MR) is 92.0 cm³/mol. The van der Waals surface area contributed by atoms with E-state index in [0.29, 0.717) is 18.1 Å². The van der Waals surface area contributed by atoms with Gasteiger partial charge in [-0.05, 0) is 37.0 Å². The van der Waals surface area contributed by atoms with Crippen LogP contribution in [0.3, 0.4) is 0 Å². The summed E-state index contributed by atoms with van der Waals surface area (Å²) in [5.41, 5.74) is 1.59. The first kappa shape index (κ1) is 16.4. The van der Waals surface area contributed by atoms with Crippen molar-refractivity contribution >= 4 is 11.7 Å². The Kier molecular flexibility index (Phi) is 5.74. The minimum absolute atomic E-state index is 0.126. The highest BCUT2D eigenvalue weighted by Gasteiger charge is 2.17. The predicted octanol–water partition coefficient (Wildman–Crippen LogP) is 2.04. The molecular weight excluding hydrogens is 304 g/mol. The van der Waals surface area contributed by atoms with Crippen molar-refractivity contribution in [2.75, 3.05) is 25.0 Å². The van der Waals surface area contributed by atoms with Gasteiger partial charge < -0.3 is 15.4 Å². The first-order valence-electron chi connectivity index (χ1n) is 8.32. The number of carbonyl (C=O) groups is 1. The van der Waals surface area contributed by atoms with Crippen LogP contribution in [0.15, 0.2) is 42.5 Å². The standard InChI is InChI=1S/C18H22N4O2/c23-18(20-13-15-7-4-12-24-15)16-8-9-17(22-21-16)19-11-10-14-5-2-1-3-6-14/h1-3,5-6,8-9,15H,4,7,10-13H2,(H,19,22)(H,20,23). The molecule has 0 aliphatic carbocycles. The molecule has 2 N–H and O–H groups in total. The molecular formula is C18H22N4O2. The van der Waals surface area contributed by atoms with E-state index in [1.807, 2.05) is 18.2 Å². The Balaban J connectivity index is 1.43. The van der Waals surface area contributed by atoms with E-state index < -0.39 is 0 Å². The van der Waals surface area contributed by atoms with Gasteiger partial charge in [0.1, 0.15) is 5.82 Å². The van der Waals surface area contributed by atoms with Crippen molar-refractivity contribution in [1.29, 1.82) is 0 Å². The second-order valence-corrected chi connectivity index (χ2v) is 5.81. The molecule has 126 valence electrons. The molecule has 1 aliphatic rings. The van der Waals surface area contributed by atoms with Crippen LogP contribution in [0.25, 0.3) is 0 Å². The van der Waals surface area contributed by atoms with Crippen molar-refractivity contribution in [3.63, 3.8) is 0 Å². The van der Waals surface area contributed by atoms with Gasteiger partial charge in [0.25, 0.3) is 5.91 Å². The molecule has 0 bridgehead atoms. The topological polar surface area (TPSA) is 76.1 Å². The van der Waals surface area contributed by atoms with E-state index >= 15 is 0 Å². The van der Waals surface area contributed by atoms with E-state index in [2.05, 4.69) is 33.0 Å². The van der Waals surface area contributed by atoms with Crippen molar-refractivity contribution in [3.05, 3.63) is 53.7 Å². The second-order valence-electron chi connectivity index (χ2n) is 5.81. The molecule has 1 unspecified atom stereocenters. The average Bonchev–Trinajstić information content (AvgIpc) is 3.15. The Morgan fingerprint density at radius 2 is 2.04 bits per heavy atom. The summed E-state index contributed by atoms with van der Waals surface area (Å²) < 4.78 is 5.48. The molecule has 24 heavy (non-hydrogen) atoms. The molecule has 6 heteroatoms. The third-order valence-electron chi connectivity index (χ3n) is 3.97. The molecule has 2 heterocycles. The van der Waals surface area contributed by atoms with Crippen molar-refractivity contribution in [2.45, 2.75) is 25.4 Å². The number of hydrogen-bond acceptors (Lipinski definition) is 5. The number of carbonyl (C=O) groups excluding carboxylic acids is 1. The zero-order valence-electron chi connectivity index (χ0n) is 13.6. The highest BCUT2D eigenvalue weighted by Crippen LogP contribution is 2.11. The maximum absolute atomic E-state index is 12.0. The van der Waals surface area contributed by atoms with Crippen molar-refractivity contribution < 1.29 is 9.53 Å². The molecule has 0 saturated carbocycles. The molecule has 1 amide bonds. The number of nitrogens with zero attached hydrogens (tertiary/aromatic N) is 2. The third kappa shape index (κ3) is 4.76. The number of amides is 1. The molecule has 1 aromatic heterocycles. The van der Waals surface area contributed by atoms with Gasteiger partial charge in [-0.1, -0.05) is 30.3 Å². The van der Waals surface area contributed by atoms with Gasteiger partial charge in [0.2, 0.25) is 0 Å². The zero-order valence-corrected chi connectivity index (χ0v) is 13.6. The van der Waals surface area contributed by atoms with Crippen LogP contribution in [0, 0.1) is 0 Å². The molecule has 1 fully saturated rings. The summed E-state index contributed by atoms with van der Waals surface area (Å²) in [4.78, 5) is 12.0. The molecule has 2 aromatic rings. The van der Waals surface area contributed by atoms with Crippen LogP contribution in [0.5, 0.6) is 0 Å². The lowest BCUT2D eigenvalue weighted by Crippen LogP contribution is -2.32. The molecule has 6 nitrogen and oxygen atoms in total. The van der Waals surface area contributed by atoms with E-state index in [-0.39, 0.29) is 12.0 Å². The zero-order chi connectivity index (χ0) is 16.6. The maximum atomic E-state index is 12.0. The molecule has 0 spiro atoms. The number of benzene rings is 1. The molecule has 1 saturated heterocycles. The third-order valence-corrected chi connectivity index (χ3v) is 3.97. The van der Waals surface area contributed by atoms with E-state index in [4.69, 9.17) is 4.74 Å². The molecule has 1 aliphatic heterocycles. The van der Waals surface area contributed by atoms with Crippen LogP contribution in [-0.2, 0) is 11.2 Å². The monoisotopic (exact) mass is 326 g/mol. The van der Waals surface area contributed by atoms with Crippen molar-refractivity contribution in [2.24, 2.45) is 0 Å². The summed E-state index contributed by atoms with van der Waals surface area (Å²) in [5.74, 6) is 0.454. The second kappa shape index (κ2) is 8.40. The average molecular weight is 326 g/mol. The Hall–Kier alpha value is -2.47. The SMILES string of the molecule is O=C(NCC1CCCO1)c1ccc(NCCc2ccccc2)nn1. The quantitative estimate of drug-likeness (QED) is 0.814. The highest BCUT2D eigenvalue weighted by atomic mass is 16.5. The van der Waals surface area contributed by atoms with E-state index in [1.54, 1.807) is 12.1 Å². The number of hydrogen-bond donors (Lipinski definition) is 2. The summed E-state index contributed by atoms with van der Waals surface area (Å²) in [5, 5.41) is 14.1. The van der Waals surface area contributed by atoms with Crippen molar-refractivity contribution in [3.8, 4) is 0 Å². The van der Waals surface area contributed by atoms with Crippen LogP contribution >= 0.6 is 0 Å². The normalized spacial score (nSPS) is 16.8. The van der Waals surface area contributed by atoms with Gasteiger partial charge in [-0.2, -0.15) is 0 Å². The molecule has 1 aromatic carbocycles. The van der Waals surface area contributed by atoms with Gasteiger partial charge >= 0.3 is 0 Å². The highest BCUT2D eigenvalue weighted by molar-refractivity contribution is 5.92. The minimum Gasteiger partial charge on any atom is -0.376 e. The lowest BCUT2D eigenvalue weighted by atomic mass is 10.1. The Morgan fingerprint density at radius 3 is 2.75 bits per heavy atom. The summed E-state index contributed by atoms with van der Waals surface area (Å²) in [7, 11) is 0. The first-order chi connectivity index (χ1) is 11.8. The fraction of sp³-hybridized carbons (Fsp3) is 0.389. The van der Waals surface area contributed by atoms with E-state index in [9.17, 15) is 4.79 Å². The largest absolute Gasteiger partial charge is 0.376 e. The Morgan fingerprint density at radius 1 is 1.17 bits per heavy atom. The van der Waals surface area contributed by atoms with Gasteiger partial charge in [0.15, 0.2) is 5.69 Å². The first-order valence-corrected chi connectivity index (χ1v) is 8.32. The molecule has 0 radical (unpaired) electrons. The number of aromatic nitrogens is 2. The lowest BCUT2D eigenvalue weighted by molar-refractivity contribution is 0.0853. The van der Waals surface area contributed by atoms with Crippen LogP contribution < -0.4 is 10.6 Å². The number of anilines is 1. The smallest absolute Gasteiger partial charge is 0.271 e. The van der Waals surface area contributed by atoms with Crippen molar-refractivity contribution in [1.82, 2.24) is 15.5 Å². The summed E-state index contributed by atoms with van der Waals surface area (Å²) in [6.45, 7) is 2.07. The van der Waals surface area contributed by atoms with E-state index in [0.717, 1.165) is 32.4 Å². The fourth-order valence-electron chi connectivity index (χ4n) is 2.63. The number of ether oxygens (including phenoxy) is 1. The van der Waals surface area contributed by atoms with Gasteiger partial charge in [-0.3, -0.25) is 4.79 Å². The van der Waals surface area contributed by atoms with Gasteiger partial charge in [0.05, 0.1) is 6.10 Å². The van der Waals surface area contributed by atoms with Gasteiger partial charge in [-0.25, -0.2) is 0 Å². The van der Waals surface area contributed by atoms with Crippen LogP contribution in [0.2, 0.25) is 0 Å². The Labute approximate surface area is 141 Å². The summed E-state index contributed by atoms with van der Waals surface area (Å²) in [6.07, 6.45) is 3.09. The van der Waals surface area contributed by atoms with Crippen LogP contribution in [0.1, 0.15) is 28.9 Å².